The van der Waals surface area contributed by atoms with Gasteiger partial charge in [0.2, 0.25) is 0 Å². The number of methoxy groups -OCH3 is 1. The first-order chi connectivity index (χ1) is 9.52. The van der Waals surface area contributed by atoms with Crippen molar-refractivity contribution in [2.45, 2.75) is 26.4 Å². The zero-order valence-corrected chi connectivity index (χ0v) is 12.3. The van der Waals surface area contributed by atoms with Gasteiger partial charge in [0.25, 0.3) is 0 Å². The Morgan fingerprint density at radius 3 is 2.80 bits per heavy atom. The lowest BCUT2D eigenvalue weighted by molar-refractivity contribution is 0.128. The zero-order valence-electron chi connectivity index (χ0n) is 12.3. The molecule has 0 aliphatic rings. The van der Waals surface area contributed by atoms with Crippen LogP contribution in [0.2, 0.25) is 0 Å². The van der Waals surface area contributed by atoms with Gasteiger partial charge in [-0.25, -0.2) is 4.79 Å². The first-order valence-electron chi connectivity index (χ1n) is 6.75. The molecule has 0 aliphatic heterocycles. The van der Waals surface area contributed by atoms with Crippen LogP contribution in [0.5, 0.6) is 5.75 Å². The quantitative estimate of drug-likeness (QED) is 0.805. The highest BCUT2D eigenvalue weighted by Crippen LogP contribution is 2.20. The molecule has 5 nitrogen and oxygen atoms in total. The van der Waals surface area contributed by atoms with E-state index in [0.717, 1.165) is 5.56 Å². The van der Waals surface area contributed by atoms with Gasteiger partial charge in [-0.2, -0.15) is 0 Å². The normalized spacial score (nSPS) is 12.1. The summed E-state index contributed by atoms with van der Waals surface area (Å²) in [5, 5.41) is 12.6. The molecule has 0 saturated carbocycles. The van der Waals surface area contributed by atoms with Crippen molar-refractivity contribution in [2.24, 2.45) is 5.92 Å². The number of carbonyl (C=O) groups is 1. The molecule has 1 amide bonds. The average molecular weight is 281 g/mol. The molecule has 0 spiro atoms. The summed E-state index contributed by atoms with van der Waals surface area (Å²) in [5.41, 5.74) is 0.765. The van der Waals surface area contributed by atoms with Gasteiger partial charge in [0.1, 0.15) is 5.75 Å². The Balaban J connectivity index is 2.32. The lowest BCUT2D eigenvalue weighted by Crippen LogP contribution is -2.27. The Hall–Kier alpha value is -1.75. The van der Waals surface area contributed by atoms with Crippen molar-refractivity contribution in [3.63, 3.8) is 0 Å². The second-order valence-corrected chi connectivity index (χ2v) is 5.00. The Labute approximate surface area is 119 Å². The number of aliphatic hydroxyl groups excluding tert-OH is 1. The van der Waals surface area contributed by atoms with Crippen LogP contribution in [0.1, 0.15) is 31.9 Å². The number of ether oxygens (including phenoxy) is 2. The molecule has 1 atom stereocenters. The Kier molecular flexibility index (Phi) is 6.87. The largest absolute Gasteiger partial charge is 0.497 e. The van der Waals surface area contributed by atoms with E-state index in [1.807, 2.05) is 32.0 Å². The molecule has 0 bridgehead atoms. The Morgan fingerprint density at radius 2 is 2.15 bits per heavy atom. The average Bonchev–Trinajstić information content (AvgIpc) is 2.45. The third kappa shape index (κ3) is 5.93. The minimum atomic E-state index is -0.643. The minimum Gasteiger partial charge on any atom is -0.497 e. The van der Waals surface area contributed by atoms with E-state index in [2.05, 4.69) is 5.32 Å². The van der Waals surface area contributed by atoms with Gasteiger partial charge >= 0.3 is 6.09 Å². The zero-order chi connectivity index (χ0) is 15.0. The minimum absolute atomic E-state index is 0.308. The topological polar surface area (TPSA) is 67.8 Å². The molecule has 0 aromatic heterocycles. The highest BCUT2D eigenvalue weighted by Gasteiger charge is 2.10. The third-order valence-corrected chi connectivity index (χ3v) is 2.71. The fourth-order valence-corrected chi connectivity index (χ4v) is 1.62. The Morgan fingerprint density at radius 1 is 1.40 bits per heavy atom. The van der Waals surface area contributed by atoms with Crippen LogP contribution >= 0.6 is 0 Å². The summed E-state index contributed by atoms with van der Waals surface area (Å²) in [6.45, 7) is 4.69. The van der Waals surface area contributed by atoms with Gasteiger partial charge in [0, 0.05) is 6.54 Å². The van der Waals surface area contributed by atoms with Crippen LogP contribution in [0.4, 0.5) is 4.79 Å². The van der Waals surface area contributed by atoms with Gasteiger partial charge < -0.3 is 19.9 Å². The van der Waals surface area contributed by atoms with Crippen LogP contribution in [0.15, 0.2) is 24.3 Å². The van der Waals surface area contributed by atoms with E-state index in [1.54, 1.807) is 13.2 Å². The maximum atomic E-state index is 11.3. The SMILES string of the molecule is COc1cccc(C(O)CCNC(=O)OCC(C)C)c1. The predicted octanol–water partition coefficient (Wildman–Crippen LogP) is 2.50. The number of carbonyl (C=O) groups excluding carboxylic acids is 1. The monoisotopic (exact) mass is 281 g/mol. The molecule has 112 valence electrons. The Bertz CT molecular complexity index is 420. The van der Waals surface area contributed by atoms with Gasteiger partial charge in [-0.05, 0) is 30.0 Å². The molecular formula is C15H23NO4. The van der Waals surface area contributed by atoms with Crippen molar-refractivity contribution in [3.05, 3.63) is 29.8 Å². The van der Waals surface area contributed by atoms with Crippen LogP contribution in [-0.4, -0.2) is 31.5 Å². The lowest BCUT2D eigenvalue weighted by atomic mass is 10.1. The van der Waals surface area contributed by atoms with Crippen LogP contribution < -0.4 is 10.1 Å². The first-order valence-corrected chi connectivity index (χ1v) is 6.75. The summed E-state index contributed by atoms with van der Waals surface area (Å²) >= 11 is 0. The summed E-state index contributed by atoms with van der Waals surface area (Å²) in [6, 6.07) is 7.24. The molecule has 5 heteroatoms. The predicted molar refractivity (Wildman–Crippen MR) is 76.8 cm³/mol. The number of benzene rings is 1. The number of hydrogen-bond donors (Lipinski definition) is 2. The van der Waals surface area contributed by atoms with E-state index in [9.17, 15) is 9.90 Å². The summed E-state index contributed by atoms with van der Waals surface area (Å²) in [5.74, 6) is 1.01. The van der Waals surface area contributed by atoms with E-state index < -0.39 is 12.2 Å². The van der Waals surface area contributed by atoms with Gasteiger partial charge in [-0.1, -0.05) is 26.0 Å². The summed E-state index contributed by atoms with van der Waals surface area (Å²) < 4.78 is 10.1. The van der Waals surface area contributed by atoms with E-state index in [0.29, 0.717) is 31.2 Å². The third-order valence-electron chi connectivity index (χ3n) is 2.71. The number of rotatable bonds is 7. The molecule has 20 heavy (non-hydrogen) atoms. The van der Waals surface area contributed by atoms with Crippen LogP contribution in [0, 0.1) is 5.92 Å². The summed E-state index contributed by atoms with van der Waals surface area (Å²) in [6.07, 6.45) is -0.670. The summed E-state index contributed by atoms with van der Waals surface area (Å²) in [4.78, 5) is 11.3. The number of alkyl carbamates (subject to hydrolysis) is 1. The first kappa shape index (κ1) is 16.3. The second kappa shape index (κ2) is 8.43. The molecule has 2 N–H and O–H groups in total. The summed E-state index contributed by atoms with van der Waals surface area (Å²) in [7, 11) is 1.58. The molecule has 1 aromatic carbocycles. The number of aliphatic hydroxyl groups is 1. The molecule has 0 radical (unpaired) electrons. The fourth-order valence-electron chi connectivity index (χ4n) is 1.62. The number of hydrogen-bond acceptors (Lipinski definition) is 4. The smallest absolute Gasteiger partial charge is 0.407 e. The van der Waals surface area contributed by atoms with Crippen LogP contribution in [0.25, 0.3) is 0 Å². The van der Waals surface area contributed by atoms with E-state index in [4.69, 9.17) is 9.47 Å². The van der Waals surface area contributed by atoms with Crippen molar-refractivity contribution < 1.29 is 19.4 Å². The second-order valence-electron chi connectivity index (χ2n) is 5.00. The van der Waals surface area contributed by atoms with Crippen molar-refractivity contribution in [2.75, 3.05) is 20.3 Å². The van der Waals surface area contributed by atoms with E-state index in [-0.39, 0.29) is 0 Å². The van der Waals surface area contributed by atoms with Crippen LogP contribution in [0.3, 0.4) is 0 Å². The lowest BCUT2D eigenvalue weighted by Gasteiger charge is -2.13. The highest BCUT2D eigenvalue weighted by molar-refractivity contribution is 5.67. The molecule has 1 unspecified atom stereocenters. The van der Waals surface area contributed by atoms with Crippen LogP contribution in [-0.2, 0) is 4.74 Å². The molecule has 0 saturated heterocycles. The highest BCUT2D eigenvalue weighted by atomic mass is 16.5. The van der Waals surface area contributed by atoms with Crippen molar-refractivity contribution in [3.8, 4) is 5.75 Å². The standard InChI is InChI=1S/C15H23NO4/c1-11(2)10-20-15(18)16-8-7-14(17)12-5-4-6-13(9-12)19-3/h4-6,9,11,14,17H,7-8,10H2,1-3H3,(H,16,18). The van der Waals surface area contributed by atoms with Gasteiger partial charge in [0.05, 0.1) is 19.8 Å². The molecule has 0 heterocycles. The fraction of sp³-hybridized carbons (Fsp3) is 0.533. The molecule has 0 aliphatic carbocycles. The molecule has 0 fully saturated rings. The van der Waals surface area contributed by atoms with Crippen molar-refractivity contribution >= 4 is 6.09 Å². The molecule has 1 rings (SSSR count). The van der Waals surface area contributed by atoms with E-state index >= 15 is 0 Å². The van der Waals surface area contributed by atoms with E-state index in [1.165, 1.54) is 0 Å². The maximum absolute atomic E-state index is 11.3. The van der Waals surface area contributed by atoms with Crippen molar-refractivity contribution in [1.82, 2.24) is 5.32 Å². The number of amides is 1. The van der Waals surface area contributed by atoms with Gasteiger partial charge in [-0.15, -0.1) is 0 Å². The van der Waals surface area contributed by atoms with Crippen molar-refractivity contribution in [1.29, 1.82) is 0 Å². The van der Waals surface area contributed by atoms with Gasteiger partial charge in [0.15, 0.2) is 0 Å². The molecule has 1 aromatic rings. The van der Waals surface area contributed by atoms with Gasteiger partial charge in [-0.3, -0.25) is 0 Å². The maximum Gasteiger partial charge on any atom is 0.407 e. The number of nitrogens with one attached hydrogen (secondary N) is 1. The molecular weight excluding hydrogens is 258 g/mol.